The van der Waals surface area contributed by atoms with E-state index in [-0.39, 0.29) is 47.8 Å². The van der Waals surface area contributed by atoms with Gasteiger partial charge in [0.05, 0.1) is 0 Å². The van der Waals surface area contributed by atoms with E-state index >= 15 is 0 Å². The molecule has 0 aliphatic carbocycles. The van der Waals surface area contributed by atoms with Gasteiger partial charge in [-0.25, -0.2) is 4.79 Å². The number of carboxylic acid groups (broad SMARTS) is 1. The number of aliphatic carboxylic acids is 1. The zero-order chi connectivity index (χ0) is 18.9. The summed E-state index contributed by atoms with van der Waals surface area (Å²) in [6.45, 7) is 7.26. The summed E-state index contributed by atoms with van der Waals surface area (Å²) in [7, 11) is 0. The predicted molar refractivity (Wildman–Crippen MR) is 103 cm³/mol. The molecule has 2 N–H and O–H groups in total. The van der Waals surface area contributed by atoms with Crippen LogP contribution >= 0.6 is 0 Å². The van der Waals surface area contributed by atoms with Crippen molar-refractivity contribution in [2.24, 2.45) is 10.9 Å². The van der Waals surface area contributed by atoms with E-state index in [0.29, 0.717) is 6.54 Å². The molecule has 0 bridgehead atoms. The second-order valence-electron chi connectivity index (χ2n) is 7.23. The van der Waals surface area contributed by atoms with Crippen LogP contribution in [0.25, 0.3) is 0 Å². The minimum absolute atomic E-state index is 0. The van der Waals surface area contributed by atoms with Crippen LogP contribution in [0.1, 0.15) is 91.4 Å². The maximum atomic E-state index is 11.7. The van der Waals surface area contributed by atoms with Crippen molar-refractivity contribution in [2.75, 3.05) is 13.1 Å². The molecule has 0 fully saturated rings. The van der Waals surface area contributed by atoms with Gasteiger partial charge < -0.3 is 15.5 Å². The van der Waals surface area contributed by atoms with Gasteiger partial charge in [0.15, 0.2) is 0 Å². The Morgan fingerprint density at radius 3 is 1.92 bits per heavy atom. The van der Waals surface area contributed by atoms with Crippen LogP contribution < -0.4 is 40.0 Å². The monoisotopic (exact) mass is 378 g/mol. The average Bonchev–Trinajstić information content (AvgIpc) is 2.56. The molecule has 148 valence electrons. The van der Waals surface area contributed by atoms with Crippen LogP contribution in [0.2, 0.25) is 0 Å². The molecular formula is C20H39N2NaO3. The standard InChI is InChI=1S/C20H40N2O3.Na/c1-4-5-6-7-8-9-10-11-12-13-15-21-16-14-18(23)22-19(17(2)3)20(24)25;/h17,19,21H,4-16H2,1-3H3,(H,22,23)(H,24,25);/q;+1/p-1/t19-;/m0./s1. The van der Waals surface area contributed by atoms with Gasteiger partial charge in [-0.3, -0.25) is 4.99 Å². The summed E-state index contributed by atoms with van der Waals surface area (Å²) in [5.74, 6) is -1.51. The number of hydrogen-bond donors (Lipinski definition) is 2. The SMILES string of the molecule is CCCCCCCCCCCCNCCC([O-])=N[C@H](C(=O)O)C(C)C.[Na+]. The first-order valence-electron chi connectivity index (χ1n) is 10.2. The van der Waals surface area contributed by atoms with Gasteiger partial charge in [0, 0.05) is 0 Å². The molecule has 0 amide bonds. The third kappa shape index (κ3) is 17.3. The first kappa shape index (κ1) is 28.1. The van der Waals surface area contributed by atoms with Crippen LogP contribution in [0.5, 0.6) is 0 Å². The summed E-state index contributed by atoms with van der Waals surface area (Å²) < 4.78 is 0. The number of unbranched alkanes of at least 4 members (excludes halogenated alkanes) is 9. The van der Waals surface area contributed by atoms with Gasteiger partial charge in [-0.05, 0) is 37.7 Å². The van der Waals surface area contributed by atoms with E-state index < -0.39 is 12.0 Å². The van der Waals surface area contributed by atoms with Crippen LogP contribution in [-0.2, 0) is 4.79 Å². The fraction of sp³-hybridized carbons (Fsp3) is 0.900. The summed E-state index contributed by atoms with van der Waals surface area (Å²) >= 11 is 0. The Morgan fingerprint density at radius 2 is 1.46 bits per heavy atom. The van der Waals surface area contributed by atoms with E-state index in [1.54, 1.807) is 13.8 Å². The van der Waals surface area contributed by atoms with Crippen molar-refractivity contribution in [3.05, 3.63) is 0 Å². The molecule has 0 spiro atoms. The van der Waals surface area contributed by atoms with Crippen LogP contribution in [0.15, 0.2) is 4.99 Å². The molecule has 6 heteroatoms. The van der Waals surface area contributed by atoms with E-state index in [2.05, 4.69) is 17.2 Å². The topological polar surface area (TPSA) is 84.8 Å². The Morgan fingerprint density at radius 1 is 0.962 bits per heavy atom. The normalized spacial score (nSPS) is 12.8. The van der Waals surface area contributed by atoms with E-state index in [9.17, 15) is 9.90 Å². The number of hydrogen-bond acceptors (Lipinski definition) is 4. The van der Waals surface area contributed by atoms with Gasteiger partial charge in [0.25, 0.3) is 0 Å². The van der Waals surface area contributed by atoms with Crippen LogP contribution in [0, 0.1) is 5.92 Å². The average molecular weight is 379 g/mol. The smallest absolute Gasteiger partial charge is 0.862 e. The van der Waals surface area contributed by atoms with Crippen LogP contribution in [0.3, 0.4) is 0 Å². The largest absolute Gasteiger partial charge is 1.00 e. The maximum absolute atomic E-state index is 11.7. The van der Waals surface area contributed by atoms with Gasteiger partial charge in [-0.15, -0.1) is 0 Å². The van der Waals surface area contributed by atoms with E-state index in [1.807, 2.05) is 0 Å². The number of nitrogens with zero attached hydrogens (tertiary/aromatic N) is 1. The molecule has 0 saturated heterocycles. The zero-order valence-electron chi connectivity index (χ0n) is 17.6. The molecule has 0 saturated carbocycles. The number of rotatable bonds is 17. The van der Waals surface area contributed by atoms with Gasteiger partial charge in [0.2, 0.25) is 0 Å². The van der Waals surface area contributed by atoms with Crippen molar-refractivity contribution in [2.45, 2.75) is 97.4 Å². The van der Waals surface area contributed by atoms with Crippen LogP contribution in [0.4, 0.5) is 0 Å². The summed E-state index contributed by atoms with van der Waals surface area (Å²) in [4.78, 5) is 14.8. The van der Waals surface area contributed by atoms with Crippen molar-refractivity contribution >= 4 is 11.9 Å². The first-order valence-corrected chi connectivity index (χ1v) is 10.2. The van der Waals surface area contributed by atoms with E-state index in [0.717, 1.165) is 13.0 Å². The third-order valence-corrected chi connectivity index (χ3v) is 4.39. The first-order chi connectivity index (χ1) is 12.0. The third-order valence-electron chi connectivity index (χ3n) is 4.39. The minimum Gasteiger partial charge on any atom is -0.862 e. The number of carboxylic acids is 1. The Balaban J connectivity index is 0. The van der Waals surface area contributed by atoms with Gasteiger partial charge in [-0.2, -0.15) is 0 Å². The molecule has 5 nitrogen and oxygen atoms in total. The molecule has 0 unspecified atom stereocenters. The summed E-state index contributed by atoms with van der Waals surface area (Å²) in [5.41, 5.74) is 0. The molecule has 26 heavy (non-hydrogen) atoms. The summed E-state index contributed by atoms with van der Waals surface area (Å²) in [6.07, 6.45) is 13.4. The fourth-order valence-electron chi connectivity index (χ4n) is 2.77. The summed E-state index contributed by atoms with van der Waals surface area (Å²) in [5, 5.41) is 24.0. The Kier molecular flexibility index (Phi) is 21.3. The second-order valence-corrected chi connectivity index (χ2v) is 7.23. The molecule has 0 aromatic rings. The molecule has 0 aliphatic rings. The van der Waals surface area contributed by atoms with Crippen LogP contribution in [-0.4, -0.2) is 36.1 Å². The molecule has 0 aromatic heterocycles. The van der Waals surface area contributed by atoms with Crippen molar-refractivity contribution in [1.82, 2.24) is 5.32 Å². The second kappa shape index (κ2) is 19.7. The number of carbonyl (C=O) groups is 1. The maximum Gasteiger partial charge on any atom is 1.00 e. The minimum atomic E-state index is -1.03. The molecule has 0 heterocycles. The molecule has 0 rings (SSSR count). The Hall–Kier alpha value is -0.100. The molecule has 0 aromatic carbocycles. The van der Waals surface area contributed by atoms with Crippen molar-refractivity contribution in [3.63, 3.8) is 0 Å². The fourth-order valence-corrected chi connectivity index (χ4v) is 2.77. The quantitative estimate of drug-likeness (QED) is 0.169. The van der Waals surface area contributed by atoms with Gasteiger partial charge >= 0.3 is 35.5 Å². The van der Waals surface area contributed by atoms with Gasteiger partial charge in [0.1, 0.15) is 6.04 Å². The van der Waals surface area contributed by atoms with E-state index in [1.165, 1.54) is 57.8 Å². The number of nitrogens with one attached hydrogen (secondary N) is 1. The van der Waals surface area contributed by atoms with E-state index in [4.69, 9.17) is 5.11 Å². The Bertz CT molecular complexity index is 363. The Labute approximate surface area is 182 Å². The summed E-state index contributed by atoms with van der Waals surface area (Å²) in [6, 6.07) is -0.922. The predicted octanol–water partition coefficient (Wildman–Crippen LogP) is 0.759. The van der Waals surface area contributed by atoms with Gasteiger partial charge in [-0.1, -0.05) is 78.6 Å². The molecule has 0 radical (unpaired) electrons. The molecule has 0 aliphatic heterocycles. The molecule has 1 atom stereocenters. The zero-order valence-corrected chi connectivity index (χ0v) is 19.6. The van der Waals surface area contributed by atoms with Crippen molar-refractivity contribution in [1.29, 1.82) is 0 Å². The van der Waals surface area contributed by atoms with Crippen molar-refractivity contribution < 1.29 is 44.6 Å². The van der Waals surface area contributed by atoms with Crippen molar-refractivity contribution in [3.8, 4) is 0 Å². The molecular weight excluding hydrogens is 339 g/mol. The number of aliphatic imine (C=N–C) groups is 1.